The topological polar surface area (TPSA) is 80.4 Å². The van der Waals surface area contributed by atoms with Crippen molar-refractivity contribution >= 4 is 23.4 Å². The van der Waals surface area contributed by atoms with Crippen molar-refractivity contribution < 1.29 is 14.8 Å². The smallest absolute Gasteiger partial charge is 0.313 e. The fourth-order valence-corrected chi connectivity index (χ4v) is 1.76. The number of nitrogens with zero attached hydrogens (tertiary/aromatic N) is 1. The van der Waals surface area contributed by atoms with E-state index in [-0.39, 0.29) is 11.4 Å². The van der Waals surface area contributed by atoms with Crippen LogP contribution >= 0.6 is 11.8 Å². The van der Waals surface area contributed by atoms with Crippen molar-refractivity contribution in [3.8, 4) is 0 Å². The van der Waals surface area contributed by atoms with Crippen molar-refractivity contribution in [1.29, 1.82) is 0 Å². The van der Waals surface area contributed by atoms with Crippen molar-refractivity contribution in [2.24, 2.45) is 0 Å². The third-order valence-electron chi connectivity index (χ3n) is 1.66. The first-order valence-electron chi connectivity index (χ1n) is 4.10. The number of benzene rings is 1. The zero-order chi connectivity index (χ0) is 11.4. The summed E-state index contributed by atoms with van der Waals surface area (Å²) < 4.78 is 0. The molecule has 0 aliphatic heterocycles. The van der Waals surface area contributed by atoms with Gasteiger partial charge in [-0.15, -0.1) is 11.8 Å². The third-order valence-corrected chi connectivity index (χ3v) is 2.71. The van der Waals surface area contributed by atoms with Crippen molar-refractivity contribution in [1.82, 2.24) is 0 Å². The molecule has 0 aliphatic rings. The quantitative estimate of drug-likeness (QED) is 0.484. The largest absolute Gasteiger partial charge is 0.481 e. The van der Waals surface area contributed by atoms with E-state index in [2.05, 4.69) is 0 Å². The maximum atomic E-state index is 10.7. The lowest BCUT2D eigenvalue weighted by molar-refractivity contribution is -0.387. The number of nitro groups is 1. The number of nitro benzene ring substituents is 1. The van der Waals surface area contributed by atoms with Crippen LogP contribution in [-0.2, 0) is 4.79 Å². The Hall–Kier alpha value is -1.56. The Bertz CT molecular complexity index is 405. The van der Waals surface area contributed by atoms with Crippen LogP contribution in [0.15, 0.2) is 23.1 Å². The van der Waals surface area contributed by atoms with E-state index in [9.17, 15) is 14.9 Å². The van der Waals surface area contributed by atoms with E-state index in [0.717, 1.165) is 17.3 Å². The molecule has 6 heteroatoms. The van der Waals surface area contributed by atoms with E-state index in [4.69, 9.17) is 5.11 Å². The van der Waals surface area contributed by atoms with Crippen molar-refractivity contribution in [3.05, 3.63) is 33.9 Å². The average Bonchev–Trinajstić information content (AvgIpc) is 2.15. The average molecular weight is 227 g/mol. The van der Waals surface area contributed by atoms with E-state index in [1.807, 2.05) is 0 Å². The molecular weight excluding hydrogens is 218 g/mol. The Morgan fingerprint density at radius 1 is 1.60 bits per heavy atom. The van der Waals surface area contributed by atoms with Crippen LogP contribution in [0.3, 0.4) is 0 Å². The van der Waals surface area contributed by atoms with Crippen molar-refractivity contribution in [3.63, 3.8) is 0 Å². The lowest BCUT2D eigenvalue weighted by Crippen LogP contribution is -1.99. The highest BCUT2D eigenvalue weighted by atomic mass is 32.2. The van der Waals surface area contributed by atoms with Crippen LogP contribution in [0.5, 0.6) is 0 Å². The fourth-order valence-electron chi connectivity index (χ4n) is 1.03. The molecule has 0 bridgehead atoms. The number of hydrogen-bond donors (Lipinski definition) is 1. The second-order valence-electron chi connectivity index (χ2n) is 2.91. The van der Waals surface area contributed by atoms with Gasteiger partial charge in [0.05, 0.1) is 15.6 Å². The lowest BCUT2D eigenvalue weighted by atomic mass is 10.2. The number of aryl methyl sites for hydroxylation is 1. The molecule has 0 amide bonds. The van der Waals surface area contributed by atoms with E-state index in [1.165, 1.54) is 6.07 Å². The Kier molecular flexibility index (Phi) is 3.68. The summed E-state index contributed by atoms with van der Waals surface area (Å²) in [5, 5.41) is 19.1. The van der Waals surface area contributed by atoms with Crippen LogP contribution in [0.2, 0.25) is 0 Å². The van der Waals surface area contributed by atoms with Crippen LogP contribution in [0.25, 0.3) is 0 Å². The van der Waals surface area contributed by atoms with E-state index >= 15 is 0 Å². The summed E-state index contributed by atoms with van der Waals surface area (Å²) in [4.78, 5) is 20.9. The molecule has 1 aromatic carbocycles. The number of hydrogen-bond acceptors (Lipinski definition) is 4. The molecule has 15 heavy (non-hydrogen) atoms. The summed E-state index contributed by atoms with van der Waals surface area (Å²) in [6, 6.07) is 4.72. The zero-order valence-electron chi connectivity index (χ0n) is 7.97. The minimum atomic E-state index is -0.991. The first-order chi connectivity index (χ1) is 7.00. The van der Waals surface area contributed by atoms with Gasteiger partial charge in [-0.1, -0.05) is 6.07 Å². The summed E-state index contributed by atoms with van der Waals surface area (Å²) in [6.07, 6.45) is 0. The van der Waals surface area contributed by atoms with Crippen LogP contribution in [0.4, 0.5) is 5.69 Å². The second-order valence-corrected chi connectivity index (χ2v) is 3.93. The Morgan fingerprint density at radius 3 is 2.80 bits per heavy atom. The zero-order valence-corrected chi connectivity index (χ0v) is 8.78. The molecular formula is C9H9NO4S. The summed E-state index contributed by atoms with van der Waals surface area (Å²) in [5.41, 5.74) is 0.739. The van der Waals surface area contributed by atoms with Crippen molar-refractivity contribution in [2.45, 2.75) is 11.8 Å². The number of rotatable bonds is 4. The molecule has 0 saturated carbocycles. The fraction of sp³-hybridized carbons (Fsp3) is 0.222. The molecule has 0 fully saturated rings. The molecule has 0 radical (unpaired) electrons. The Morgan fingerprint density at radius 2 is 2.27 bits per heavy atom. The highest BCUT2D eigenvalue weighted by molar-refractivity contribution is 8.00. The van der Waals surface area contributed by atoms with E-state index < -0.39 is 10.9 Å². The Balaban J connectivity index is 2.95. The minimum absolute atomic E-state index is 0.0405. The standard InChI is InChI=1S/C9H9NO4S/c1-6-2-3-8(15-5-9(11)12)7(4-6)10(13)14/h2-4H,5H2,1H3,(H,11,12). The number of carboxylic acids is 1. The third kappa shape index (κ3) is 3.25. The van der Waals surface area contributed by atoms with Crippen LogP contribution < -0.4 is 0 Å². The maximum Gasteiger partial charge on any atom is 0.313 e. The van der Waals surface area contributed by atoms with Gasteiger partial charge in [-0.3, -0.25) is 14.9 Å². The molecule has 0 heterocycles. The molecule has 5 nitrogen and oxygen atoms in total. The first kappa shape index (κ1) is 11.5. The Labute approximate surface area is 90.3 Å². The number of carboxylic acid groups (broad SMARTS) is 1. The highest BCUT2D eigenvalue weighted by Crippen LogP contribution is 2.29. The molecule has 80 valence electrons. The SMILES string of the molecule is Cc1ccc(SCC(=O)O)c([N+](=O)[O-])c1. The molecule has 0 unspecified atom stereocenters. The van der Waals surface area contributed by atoms with Gasteiger partial charge in [-0.2, -0.15) is 0 Å². The normalized spacial score (nSPS) is 9.93. The maximum absolute atomic E-state index is 10.7. The predicted molar refractivity (Wildman–Crippen MR) is 56.2 cm³/mol. The summed E-state index contributed by atoms with van der Waals surface area (Å²) in [6.45, 7) is 1.75. The van der Waals surface area contributed by atoms with E-state index in [1.54, 1.807) is 19.1 Å². The second kappa shape index (κ2) is 4.79. The predicted octanol–water partition coefficient (Wildman–Crippen LogP) is 2.08. The van der Waals surface area contributed by atoms with Gasteiger partial charge in [0.1, 0.15) is 0 Å². The van der Waals surface area contributed by atoms with Crippen LogP contribution in [0.1, 0.15) is 5.56 Å². The van der Waals surface area contributed by atoms with Gasteiger partial charge in [0.25, 0.3) is 5.69 Å². The molecule has 0 aromatic heterocycles. The minimum Gasteiger partial charge on any atom is -0.481 e. The van der Waals surface area contributed by atoms with Crippen molar-refractivity contribution in [2.75, 3.05) is 5.75 Å². The van der Waals surface area contributed by atoms with Gasteiger partial charge in [0, 0.05) is 6.07 Å². The monoisotopic (exact) mass is 227 g/mol. The van der Waals surface area contributed by atoms with Gasteiger partial charge in [-0.05, 0) is 18.6 Å². The van der Waals surface area contributed by atoms with Gasteiger partial charge < -0.3 is 5.11 Å². The van der Waals surface area contributed by atoms with Gasteiger partial charge in [-0.25, -0.2) is 0 Å². The summed E-state index contributed by atoms with van der Waals surface area (Å²) in [7, 11) is 0. The summed E-state index contributed by atoms with van der Waals surface area (Å²) >= 11 is 0.951. The molecule has 0 spiro atoms. The number of carbonyl (C=O) groups is 1. The highest BCUT2D eigenvalue weighted by Gasteiger charge is 2.14. The molecule has 0 aliphatic carbocycles. The van der Waals surface area contributed by atoms with Crippen LogP contribution in [-0.4, -0.2) is 21.8 Å². The van der Waals surface area contributed by atoms with Gasteiger partial charge in [0.15, 0.2) is 0 Å². The molecule has 1 N–H and O–H groups in total. The number of thioether (sulfide) groups is 1. The summed E-state index contributed by atoms with van der Waals surface area (Å²) in [5.74, 6) is -1.17. The van der Waals surface area contributed by atoms with E-state index in [0.29, 0.717) is 4.90 Å². The first-order valence-corrected chi connectivity index (χ1v) is 5.09. The van der Waals surface area contributed by atoms with Crippen LogP contribution in [0, 0.1) is 17.0 Å². The van der Waals surface area contributed by atoms with Gasteiger partial charge >= 0.3 is 5.97 Å². The molecule has 1 aromatic rings. The number of aliphatic carboxylic acids is 1. The molecule has 0 atom stereocenters. The molecule has 0 saturated heterocycles. The lowest BCUT2D eigenvalue weighted by Gasteiger charge is -2.01. The molecule has 1 rings (SSSR count). The van der Waals surface area contributed by atoms with Gasteiger partial charge in [0.2, 0.25) is 0 Å².